The number of amides is 1. The third-order valence-electron chi connectivity index (χ3n) is 6.79. The molecule has 6 aromatic heterocycles. The van der Waals surface area contributed by atoms with Crippen molar-refractivity contribution < 1.29 is 31.9 Å². The van der Waals surface area contributed by atoms with E-state index in [2.05, 4.69) is 40.1 Å². The van der Waals surface area contributed by atoms with Gasteiger partial charge < -0.3 is 21.9 Å². The lowest BCUT2D eigenvalue weighted by atomic mass is 10.0. The maximum Gasteiger partial charge on any atom is 0.316 e. The van der Waals surface area contributed by atoms with Crippen molar-refractivity contribution in [3.8, 4) is 28.5 Å². The number of ketones is 1. The minimum Gasteiger partial charge on any atom is -0.467 e. The van der Waals surface area contributed by atoms with Gasteiger partial charge >= 0.3 is 6.01 Å². The molecule has 0 atom stereocenters. The highest BCUT2D eigenvalue weighted by molar-refractivity contribution is 14.1. The SMILES string of the molecule is COc1ncc(F)c(-c2cnn(C)c2C(=O)Cc2cc(N)ncc2F)n1.Cc1ncc(F)c(-c2cnn(C)c2C(N)=O)n1.Nc1cc(I)c(F)cn1. The number of ether oxygens (including phenoxy) is 1. The van der Waals surface area contributed by atoms with Gasteiger partial charge in [0.2, 0.25) is 0 Å². The molecular weight excluding hydrogens is 805 g/mol. The minimum atomic E-state index is -0.743. The van der Waals surface area contributed by atoms with Crippen LogP contribution in [0, 0.1) is 33.8 Å². The Labute approximate surface area is 305 Å². The largest absolute Gasteiger partial charge is 0.467 e. The van der Waals surface area contributed by atoms with Crippen LogP contribution >= 0.6 is 22.6 Å². The molecule has 52 heavy (non-hydrogen) atoms. The van der Waals surface area contributed by atoms with Crippen LogP contribution in [0.5, 0.6) is 6.01 Å². The van der Waals surface area contributed by atoms with Crippen molar-refractivity contribution >= 4 is 45.9 Å². The second-order valence-electron chi connectivity index (χ2n) is 10.4. The predicted molar refractivity (Wildman–Crippen MR) is 186 cm³/mol. The highest BCUT2D eigenvalue weighted by Gasteiger charge is 2.24. The monoisotopic (exact) mass is 833 g/mol. The Morgan fingerprint density at radius 3 is 1.85 bits per heavy atom. The zero-order chi connectivity index (χ0) is 38.3. The van der Waals surface area contributed by atoms with Gasteiger partial charge in [-0.25, -0.2) is 42.5 Å². The number of nitrogens with zero attached hydrogens (tertiary/aromatic N) is 10. The molecule has 0 fully saturated rings. The highest BCUT2D eigenvalue weighted by atomic mass is 127. The van der Waals surface area contributed by atoms with E-state index in [1.54, 1.807) is 14.0 Å². The van der Waals surface area contributed by atoms with Gasteiger partial charge in [-0.05, 0) is 41.6 Å². The van der Waals surface area contributed by atoms with Crippen LogP contribution in [0.15, 0.2) is 49.3 Å². The van der Waals surface area contributed by atoms with Crippen LogP contribution in [-0.4, -0.2) is 68.3 Å². The van der Waals surface area contributed by atoms with Crippen LogP contribution in [0.4, 0.5) is 29.2 Å². The lowest BCUT2D eigenvalue weighted by molar-refractivity contribution is 0.0978. The molecule has 0 radical (unpaired) electrons. The smallest absolute Gasteiger partial charge is 0.316 e. The summed E-state index contributed by atoms with van der Waals surface area (Å²) in [6.07, 6.45) is 6.39. The van der Waals surface area contributed by atoms with E-state index >= 15 is 0 Å². The van der Waals surface area contributed by atoms with Crippen molar-refractivity contribution in [3.05, 3.63) is 98.9 Å². The van der Waals surface area contributed by atoms with E-state index in [1.807, 2.05) is 22.6 Å². The standard InChI is InChI=1S/C16H14F2N6O2.C10H10FN5O.C5H4FIN2/c1-24-15(12(25)3-8-4-13(19)20-6-10(8)17)9(5-22-24)14-11(18)7-21-16(23-14)26-2;1-5-13-4-7(11)8(15-5)6-3-14-16(2)9(6)10(12)17;6-3-2-9-5(8)1-4(3)7/h4-7H,3H2,1-2H3,(H2,19,20);3-4H,1-2H3,(H2,12,17);1-2H,(H2,8,9). The Hall–Kier alpha value is -6.13. The lowest BCUT2D eigenvalue weighted by Crippen LogP contribution is -2.17. The quantitative estimate of drug-likeness (QED) is 0.119. The first-order chi connectivity index (χ1) is 24.6. The van der Waals surface area contributed by atoms with Gasteiger partial charge in [0.15, 0.2) is 23.2 Å². The van der Waals surface area contributed by atoms with Crippen molar-refractivity contribution in [2.75, 3.05) is 18.6 Å². The number of halogens is 5. The van der Waals surface area contributed by atoms with Gasteiger partial charge in [0.25, 0.3) is 5.91 Å². The molecule has 0 bridgehead atoms. The highest BCUT2D eigenvalue weighted by Crippen LogP contribution is 2.27. The summed E-state index contributed by atoms with van der Waals surface area (Å²) >= 11 is 1.85. The first kappa shape index (κ1) is 38.7. The Balaban J connectivity index is 0.000000198. The lowest BCUT2D eigenvalue weighted by Gasteiger charge is -2.08. The van der Waals surface area contributed by atoms with E-state index in [0.29, 0.717) is 15.2 Å². The maximum atomic E-state index is 14.2. The molecule has 1 amide bonds. The van der Waals surface area contributed by atoms with E-state index in [0.717, 1.165) is 24.8 Å². The number of nitrogen functional groups attached to an aromatic ring is 2. The molecule has 0 aromatic carbocycles. The first-order valence-electron chi connectivity index (χ1n) is 14.5. The molecule has 0 aliphatic carbocycles. The fourth-order valence-electron chi connectivity index (χ4n) is 4.45. The Morgan fingerprint density at radius 1 is 0.750 bits per heavy atom. The topological polar surface area (TPSA) is 234 Å². The maximum absolute atomic E-state index is 14.2. The predicted octanol–water partition coefficient (Wildman–Crippen LogP) is 3.40. The van der Waals surface area contributed by atoms with Crippen molar-refractivity contribution in [2.24, 2.45) is 19.8 Å². The van der Waals surface area contributed by atoms with Crippen molar-refractivity contribution in [1.82, 2.24) is 49.5 Å². The van der Waals surface area contributed by atoms with E-state index < -0.39 is 29.1 Å². The zero-order valence-corrected chi connectivity index (χ0v) is 29.8. The number of hydrogen-bond donors (Lipinski definition) is 3. The number of rotatable bonds is 7. The fourth-order valence-corrected chi connectivity index (χ4v) is 4.91. The van der Waals surface area contributed by atoms with E-state index in [-0.39, 0.29) is 63.5 Å². The summed E-state index contributed by atoms with van der Waals surface area (Å²) in [5, 5.41) is 7.86. The normalized spacial score (nSPS) is 10.5. The van der Waals surface area contributed by atoms with Gasteiger partial charge in [0, 0.05) is 26.1 Å². The van der Waals surface area contributed by atoms with E-state index in [4.69, 9.17) is 21.9 Å². The average molecular weight is 834 g/mol. The number of Topliss-reactive ketones (excluding diaryl/α,β-unsaturated/α-hetero) is 1. The number of aromatic nitrogens is 10. The summed E-state index contributed by atoms with van der Waals surface area (Å²) in [4.78, 5) is 46.4. The first-order valence-corrected chi connectivity index (χ1v) is 15.6. The molecule has 0 spiro atoms. The number of methoxy groups -OCH3 is 1. The molecule has 6 heterocycles. The number of primary amides is 1. The van der Waals surface area contributed by atoms with Crippen LogP contribution in [0.3, 0.4) is 0 Å². The average Bonchev–Trinajstić information content (AvgIpc) is 3.68. The van der Waals surface area contributed by atoms with Crippen molar-refractivity contribution in [2.45, 2.75) is 13.3 Å². The fraction of sp³-hybridized carbons (Fsp3) is 0.161. The summed E-state index contributed by atoms with van der Waals surface area (Å²) < 4.78 is 62.0. The van der Waals surface area contributed by atoms with E-state index in [1.165, 1.54) is 48.0 Å². The summed E-state index contributed by atoms with van der Waals surface area (Å²) in [6, 6.07) is 2.70. The van der Waals surface area contributed by atoms with Crippen LogP contribution < -0.4 is 21.9 Å². The van der Waals surface area contributed by atoms with Gasteiger partial charge in [-0.2, -0.15) is 15.2 Å². The van der Waals surface area contributed by atoms with Gasteiger partial charge in [-0.15, -0.1) is 0 Å². The number of hydrogen-bond acceptors (Lipinski definition) is 13. The molecule has 6 N–H and O–H groups in total. The van der Waals surface area contributed by atoms with Crippen molar-refractivity contribution in [3.63, 3.8) is 0 Å². The number of carbonyl (C=O) groups is 2. The number of carbonyl (C=O) groups excluding carboxylic acids is 2. The Morgan fingerprint density at radius 2 is 1.27 bits per heavy atom. The second kappa shape index (κ2) is 16.7. The molecule has 0 saturated carbocycles. The van der Waals surface area contributed by atoms with Crippen LogP contribution in [0.1, 0.15) is 32.4 Å². The minimum absolute atomic E-state index is 0.0272. The summed E-state index contributed by atoms with van der Waals surface area (Å²) in [5.74, 6) is -2.68. The summed E-state index contributed by atoms with van der Waals surface area (Å²) in [6.45, 7) is 1.63. The molecular formula is C31H28F4IN13O3. The van der Waals surface area contributed by atoms with Gasteiger partial charge in [0.1, 0.15) is 46.1 Å². The Kier molecular flexibility index (Phi) is 12.4. The number of anilines is 2. The number of aryl methyl sites for hydroxylation is 3. The van der Waals surface area contributed by atoms with Crippen LogP contribution in [0.25, 0.3) is 22.5 Å². The molecule has 21 heteroatoms. The summed E-state index contributed by atoms with van der Waals surface area (Å²) in [7, 11) is 4.41. The molecule has 0 saturated heterocycles. The Bertz CT molecular complexity index is 2270. The van der Waals surface area contributed by atoms with Gasteiger partial charge in [0.05, 0.1) is 59.0 Å². The van der Waals surface area contributed by atoms with Crippen LogP contribution in [-0.2, 0) is 20.5 Å². The zero-order valence-electron chi connectivity index (χ0n) is 27.6. The number of pyridine rings is 2. The number of nitrogens with two attached hydrogens (primary N) is 3. The summed E-state index contributed by atoms with van der Waals surface area (Å²) in [5.41, 5.74) is 16.6. The van der Waals surface area contributed by atoms with Gasteiger partial charge in [-0.3, -0.25) is 19.0 Å². The molecule has 16 nitrogen and oxygen atoms in total. The van der Waals surface area contributed by atoms with E-state index in [9.17, 15) is 27.2 Å². The third kappa shape index (κ3) is 9.15. The molecule has 270 valence electrons. The second-order valence-corrected chi connectivity index (χ2v) is 11.6. The molecule has 0 aliphatic rings. The third-order valence-corrected chi connectivity index (χ3v) is 7.62. The van der Waals surface area contributed by atoms with Crippen molar-refractivity contribution in [1.29, 1.82) is 0 Å². The molecule has 0 unspecified atom stereocenters. The molecule has 6 rings (SSSR count). The molecule has 6 aromatic rings. The molecule has 0 aliphatic heterocycles. The van der Waals surface area contributed by atoms with Gasteiger partial charge in [-0.1, -0.05) is 0 Å². The van der Waals surface area contributed by atoms with Crippen LogP contribution in [0.2, 0.25) is 0 Å².